The van der Waals surface area contributed by atoms with Crippen molar-refractivity contribution in [1.29, 1.82) is 0 Å². The van der Waals surface area contributed by atoms with Crippen molar-refractivity contribution in [2.45, 2.75) is 50.8 Å². The van der Waals surface area contributed by atoms with E-state index in [4.69, 9.17) is 20.8 Å². The highest BCUT2D eigenvalue weighted by Gasteiger charge is 2.46. The van der Waals surface area contributed by atoms with Crippen LogP contribution in [0.15, 0.2) is 16.7 Å². The van der Waals surface area contributed by atoms with Crippen molar-refractivity contribution in [3.05, 3.63) is 38.7 Å². The molecule has 6 heteroatoms. The Bertz CT molecular complexity index is 698. The molecule has 3 atom stereocenters. The first-order valence-electron chi connectivity index (χ1n) is 7.67. The van der Waals surface area contributed by atoms with Crippen LogP contribution in [0.5, 0.6) is 0 Å². The number of oxazole rings is 1. The molecule has 0 saturated carbocycles. The molecule has 1 saturated heterocycles. The van der Waals surface area contributed by atoms with Crippen LogP contribution in [0, 0.1) is 6.92 Å². The second kappa shape index (κ2) is 5.34. The fourth-order valence-electron chi connectivity index (χ4n) is 3.78. The summed E-state index contributed by atoms with van der Waals surface area (Å²) in [6.07, 6.45) is 4.59. The minimum absolute atomic E-state index is 0.122. The molecule has 3 unspecified atom stereocenters. The van der Waals surface area contributed by atoms with E-state index in [-0.39, 0.29) is 11.6 Å². The highest BCUT2D eigenvalue weighted by atomic mass is 35.5. The van der Waals surface area contributed by atoms with Crippen LogP contribution < -0.4 is 5.32 Å². The maximum absolute atomic E-state index is 6.32. The van der Waals surface area contributed by atoms with Crippen molar-refractivity contribution in [2.75, 3.05) is 6.61 Å². The molecule has 22 heavy (non-hydrogen) atoms. The van der Waals surface area contributed by atoms with Crippen LogP contribution in [0.2, 0.25) is 4.34 Å². The van der Waals surface area contributed by atoms with E-state index >= 15 is 0 Å². The summed E-state index contributed by atoms with van der Waals surface area (Å²) >= 11 is 7.93. The van der Waals surface area contributed by atoms with Crippen LogP contribution >= 0.6 is 22.9 Å². The standard InChI is InChI=1S/C16H19ClN2O2S/c1-9-6-16(7-12(19-9)13-8-18-10(2)21-13)15-11(3-4-20-16)5-14(17)22-15/h5,8-9,12,19H,3-4,6-7H2,1-2H3. The van der Waals surface area contributed by atoms with Gasteiger partial charge in [0.1, 0.15) is 11.4 Å². The monoisotopic (exact) mass is 338 g/mol. The molecule has 2 aliphatic rings. The van der Waals surface area contributed by atoms with E-state index in [2.05, 4.69) is 23.3 Å². The molecule has 0 bridgehead atoms. The summed E-state index contributed by atoms with van der Waals surface area (Å²) < 4.78 is 12.9. The largest absolute Gasteiger partial charge is 0.444 e. The quantitative estimate of drug-likeness (QED) is 0.854. The van der Waals surface area contributed by atoms with Gasteiger partial charge in [-0.15, -0.1) is 11.3 Å². The number of fused-ring (bicyclic) bond motifs is 2. The first-order valence-corrected chi connectivity index (χ1v) is 8.86. The number of hydrogen-bond donors (Lipinski definition) is 1. The van der Waals surface area contributed by atoms with Crippen LogP contribution in [0.25, 0.3) is 0 Å². The van der Waals surface area contributed by atoms with Gasteiger partial charge >= 0.3 is 0 Å². The first kappa shape index (κ1) is 14.7. The molecule has 4 nitrogen and oxygen atoms in total. The summed E-state index contributed by atoms with van der Waals surface area (Å²) in [5, 5.41) is 3.61. The van der Waals surface area contributed by atoms with Gasteiger partial charge in [0.05, 0.1) is 23.2 Å². The molecule has 2 aromatic heterocycles. The molecular formula is C16H19ClN2O2S. The molecule has 0 amide bonds. The van der Waals surface area contributed by atoms with E-state index in [1.807, 2.05) is 13.1 Å². The Morgan fingerprint density at radius 1 is 1.45 bits per heavy atom. The number of aromatic nitrogens is 1. The molecule has 2 aliphatic heterocycles. The average molecular weight is 339 g/mol. The third-order valence-corrected chi connectivity index (χ3v) is 6.07. The lowest BCUT2D eigenvalue weighted by Gasteiger charge is -2.45. The number of nitrogens with one attached hydrogen (secondary N) is 1. The lowest BCUT2D eigenvalue weighted by atomic mass is 9.79. The normalized spacial score (nSPS) is 31.4. The number of hydrogen-bond acceptors (Lipinski definition) is 5. The number of ether oxygens (including phenoxy) is 1. The Hall–Kier alpha value is -0.880. The smallest absolute Gasteiger partial charge is 0.191 e. The molecule has 118 valence electrons. The molecule has 0 aliphatic carbocycles. The van der Waals surface area contributed by atoms with Gasteiger partial charge in [-0.1, -0.05) is 11.6 Å². The van der Waals surface area contributed by atoms with Crippen LogP contribution in [0.1, 0.15) is 47.9 Å². The van der Waals surface area contributed by atoms with Gasteiger partial charge in [-0.05, 0) is 31.4 Å². The van der Waals surface area contributed by atoms with Gasteiger partial charge in [0.15, 0.2) is 5.89 Å². The van der Waals surface area contributed by atoms with E-state index in [0.717, 1.165) is 36.0 Å². The van der Waals surface area contributed by atoms with Gasteiger partial charge in [-0.3, -0.25) is 0 Å². The van der Waals surface area contributed by atoms with Crippen LogP contribution in [-0.2, 0) is 16.8 Å². The molecule has 1 spiro atoms. The number of halogens is 1. The number of piperidine rings is 1. The fraction of sp³-hybridized carbons (Fsp3) is 0.562. The van der Waals surface area contributed by atoms with Gasteiger partial charge in [0.2, 0.25) is 0 Å². The van der Waals surface area contributed by atoms with Gasteiger partial charge < -0.3 is 14.5 Å². The predicted molar refractivity (Wildman–Crippen MR) is 86.5 cm³/mol. The third-order valence-electron chi connectivity index (χ3n) is 4.58. The molecule has 1 fully saturated rings. The summed E-state index contributed by atoms with van der Waals surface area (Å²) in [6.45, 7) is 4.83. The summed E-state index contributed by atoms with van der Waals surface area (Å²) in [7, 11) is 0. The second-order valence-corrected chi connectivity index (χ2v) is 7.99. The van der Waals surface area contributed by atoms with Crippen molar-refractivity contribution in [3.8, 4) is 0 Å². The van der Waals surface area contributed by atoms with E-state index in [1.165, 1.54) is 10.4 Å². The first-order chi connectivity index (χ1) is 10.6. The predicted octanol–water partition coefficient (Wildman–Crippen LogP) is 3.98. The Morgan fingerprint density at radius 2 is 2.32 bits per heavy atom. The van der Waals surface area contributed by atoms with Gasteiger partial charge in [-0.25, -0.2) is 4.98 Å². The minimum Gasteiger partial charge on any atom is -0.444 e. The van der Waals surface area contributed by atoms with Crippen LogP contribution in [-0.4, -0.2) is 17.6 Å². The van der Waals surface area contributed by atoms with E-state index in [1.54, 1.807) is 11.3 Å². The van der Waals surface area contributed by atoms with E-state index < -0.39 is 0 Å². The summed E-state index contributed by atoms with van der Waals surface area (Å²) in [4.78, 5) is 5.54. The Labute approximate surface area is 138 Å². The number of thiophene rings is 1. The number of rotatable bonds is 1. The van der Waals surface area contributed by atoms with E-state index in [0.29, 0.717) is 11.9 Å². The lowest BCUT2D eigenvalue weighted by Crippen LogP contribution is -2.49. The van der Waals surface area contributed by atoms with Crippen LogP contribution in [0.4, 0.5) is 0 Å². The number of aryl methyl sites for hydroxylation is 1. The summed E-state index contributed by atoms with van der Waals surface area (Å²) in [6, 6.07) is 2.57. The van der Waals surface area contributed by atoms with Crippen molar-refractivity contribution in [3.63, 3.8) is 0 Å². The van der Waals surface area contributed by atoms with Gasteiger partial charge in [-0.2, -0.15) is 0 Å². The Morgan fingerprint density at radius 3 is 3.09 bits per heavy atom. The second-order valence-electron chi connectivity index (χ2n) is 6.31. The maximum Gasteiger partial charge on any atom is 0.191 e. The lowest BCUT2D eigenvalue weighted by molar-refractivity contribution is -0.0970. The molecule has 4 heterocycles. The van der Waals surface area contributed by atoms with Crippen molar-refractivity contribution >= 4 is 22.9 Å². The maximum atomic E-state index is 6.32. The van der Waals surface area contributed by atoms with Crippen molar-refractivity contribution in [1.82, 2.24) is 10.3 Å². The highest BCUT2D eigenvalue weighted by Crippen LogP contribution is 2.49. The minimum atomic E-state index is -0.249. The zero-order valence-electron chi connectivity index (χ0n) is 12.7. The molecule has 4 rings (SSSR count). The Balaban J connectivity index is 1.72. The SMILES string of the molecule is Cc1ncc(C2CC3(CC(C)N2)OCCc2cc(Cl)sc23)o1. The zero-order valence-corrected chi connectivity index (χ0v) is 14.3. The zero-order chi connectivity index (χ0) is 15.3. The topological polar surface area (TPSA) is 47.3 Å². The third kappa shape index (κ3) is 2.40. The van der Waals surface area contributed by atoms with Crippen LogP contribution in [0.3, 0.4) is 0 Å². The summed E-state index contributed by atoms with van der Waals surface area (Å²) in [5.74, 6) is 1.59. The van der Waals surface area contributed by atoms with Crippen molar-refractivity contribution < 1.29 is 9.15 Å². The molecular weight excluding hydrogens is 320 g/mol. The molecule has 0 radical (unpaired) electrons. The summed E-state index contributed by atoms with van der Waals surface area (Å²) in [5.41, 5.74) is 1.10. The molecule has 2 aromatic rings. The fourth-order valence-corrected chi connectivity index (χ4v) is 5.25. The molecule has 1 N–H and O–H groups in total. The van der Waals surface area contributed by atoms with E-state index in [9.17, 15) is 0 Å². The highest BCUT2D eigenvalue weighted by molar-refractivity contribution is 7.16. The van der Waals surface area contributed by atoms with Gasteiger partial charge in [0, 0.05) is 24.3 Å². The van der Waals surface area contributed by atoms with Crippen molar-refractivity contribution in [2.24, 2.45) is 0 Å². The Kier molecular flexibility index (Phi) is 3.57. The number of nitrogens with zero attached hydrogens (tertiary/aromatic N) is 1. The molecule has 0 aromatic carbocycles. The van der Waals surface area contributed by atoms with Gasteiger partial charge in [0.25, 0.3) is 0 Å². The average Bonchev–Trinajstić information content (AvgIpc) is 3.04.